The van der Waals surface area contributed by atoms with Gasteiger partial charge >= 0.3 is 0 Å². The quantitative estimate of drug-likeness (QED) is 0.583. The van der Waals surface area contributed by atoms with Crippen LogP contribution in [0.2, 0.25) is 0 Å². The van der Waals surface area contributed by atoms with Crippen LogP contribution < -0.4 is 5.32 Å². The van der Waals surface area contributed by atoms with Gasteiger partial charge in [0.05, 0.1) is 12.2 Å². The second-order valence-corrected chi connectivity index (χ2v) is 6.04. The van der Waals surface area contributed by atoms with Crippen molar-refractivity contribution in [3.05, 3.63) is 71.7 Å². The van der Waals surface area contributed by atoms with Crippen molar-refractivity contribution in [2.75, 3.05) is 13.6 Å². The SMILES string of the molecule is CN=C(NCc1cn2ccccc2n1)N1CCc2ccccc2C1. The Labute approximate surface area is 141 Å². The van der Waals surface area contributed by atoms with Crippen molar-refractivity contribution in [2.24, 2.45) is 4.99 Å². The monoisotopic (exact) mass is 319 g/mol. The summed E-state index contributed by atoms with van der Waals surface area (Å²) in [5.74, 6) is 0.932. The normalized spacial score (nSPS) is 14.7. The summed E-state index contributed by atoms with van der Waals surface area (Å²) in [5, 5.41) is 3.45. The van der Waals surface area contributed by atoms with Crippen LogP contribution in [0.25, 0.3) is 5.65 Å². The summed E-state index contributed by atoms with van der Waals surface area (Å²) in [6.45, 7) is 2.56. The van der Waals surface area contributed by atoms with Gasteiger partial charge in [-0.3, -0.25) is 4.99 Å². The molecular weight excluding hydrogens is 298 g/mol. The molecule has 5 nitrogen and oxygen atoms in total. The zero-order valence-electron chi connectivity index (χ0n) is 13.8. The molecule has 0 spiro atoms. The Morgan fingerprint density at radius 2 is 2.00 bits per heavy atom. The molecule has 1 N–H and O–H groups in total. The third-order valence-electron chi connectivity index (χ3n) is 4.48. The molecule has 122 valence electrons. The van der Waals surface area contributed by atoms with E-state index in [9.17, 15) is 0 Å². The van der Waals surface area contributed by atoms with E-state index in [4.69, 9.17) is 0 Å². The largest absolute Gasteiger partial charge is 0.351 e. The molecule has 0 fully saturated rings. The summed E-state index contributed by atoms with van der Waals surface area (Å²) in [5.41, 5.74) is 4.82. The van der Waals surface area contributed by atoms with Crippen molar-refractivity contribution in [1.29, 1.82) is 0 Å². The molecule has 4 rings (SSSR count). The number of hydrogen-bond donors (Lipinski definition) is 1. The molecule has 1 aromatic carbocycles. The van der Waals surface area contributed by atoms with Gasteiger partial charge in [-0.25, -0.2) is 4.98 Å². The Balaban J connectivity index is 1.45. The van der Waals surface area contributed by atoms with E-state index in [1.165, 1.54) is 11.1 Å². The minimum atomic E-state index is 0.673. The van der Waals surface area contributed by atoms with Crippen LogP contribution in [0.3, 0.4) is 0 Å². The summed E-state index contributed by atoms with van der Waals surface area (Å²) in [7, 11) is 1.84. The maximum atomic E-state index is 4.63. The van der Waals surface area contributed by atoms with Crippen LogP contribution >= 0.6 is 0 Å². The average molecular weight is 319 g/mol. The number of rotatable bonds is 2. The highest BCUT2D eigenvalue weighted by Gasteiger charge is 2.18. The number of benzene rings is 1. The van der Waals surface area contributed by atoms with Crippen molar-refractivity contribution in [2.45, 2.75) is 19.5 Å². The fourth-order valence-electron chi connectivity index (χ4n) is 3.25. The van der Waals surface area contributed by atoms with Gasteiger partial charge in [0.1, 0.15) is 5.65 Å². The number of imidazole rings is 1. The molecule has 1 aliphatic heterocycles. The summed E-state index contributed by atoms with van der Waals surface area (Å²) in [6.07, 6.45) is 5.13. The zero-order valence-corrected chi connectivity index (χ0v) is 13.8. The van der Waals surface area contributed by atoms with Gasteiger partial charge in [-0.15, -0.1) is 0 Å². The predicted octanol–water partition coefficient (Wildman–Crippen LogP) is 2.47. The molecule has 0 radical (unpaired) electrons. The molecule has 0 atom stereocenters. The summed E-state index contributed by atoms with van der Waals surface area (Å²) in [4.78, 5) is 11.4. The van der Waals surface area contributed by atoms with Crippen molar-refractivity contribution < 1.29 is 0 Å². The fraction of sp³-hybridized carbons (Fsp3) is 0.263. The zero-order chi connectivity index (χ0) is 16.4. The van der Waals surface area contributed by atoms with Crippen LogP contribution in [0.15, 0.2) is 59.9 Å². The van der Waals surface area contributed by atoms with E-state index in [0.29, 0.717) is 6.54 Å². The lowest BCUT2D eigenvalue weighted by Crippen LogP contribution is -2.43. The van der Waals surface area contributed by atoms with Gasteiger partial charge in [-0.2, -0.15) is 0 Å². The van der Waals surface area contributed by atoms with Crippen molar-refractivity contribution in [3.8, 4) is 0 Å². The van der Waals surface area contributed by atoms with E-state index >= 15 is 0 Å². The highest BCUT2D eigenvalue weighted by molar-refractivity contribution is 5.80. The first-order chi connectivity index (χ1) is 11.8. The summed E-state index contributed by atoms with van der Waals surface area (Å²) >= 11 is 0. The molecule has 0 bridgehead atoms. The smallest absolute Gasteiger partial charge is 0.194 e. The Kier molecular flexibility index (Phi) is 3.91. The number of aromatic nitrogens is 2. The molecule has 0 unspecified atom stereocenters. The number of hydrogen-bond acceptors (Lipinski definition) is 2. The van der Waals surface area contributed by atoms with Crippen LogP contribution in [0.1, 0.15) is 16.8 Å². The number of nitrogens with one attached hydrogen (secondary N) is 1. The minimum Gasteiger partial charge on any atom is -0.351 e. The molecule has 0 amide bonds. The first-order valence-corrected chi connectivity index (χ1v) is 8.28. The molecule has 3 aromatic rings. The Morgan fingerprint density at radius 3 is 2.83 bits per heavy atom. The van der Waals surface area contributed by atoms with Gasteiger partial charge in [0, 0.05) is 32.5 Å². The van der Waals surface area contributed by atoms with E-state index in [2.05, 4.69) is 50.7 Å². The number of fused-ring (bicyclic) bond motifs is 2. The average Bonchev–Trinajstić information content (AvgIpc) is 3.05. The van der Waals surface area contributed by atoms with Gasteiger partial charge in [-0.1, -0.05) is 30.3 Å². The van der Waals surface area contributed by atoms with Crippen molar-refractivity contribution in [1.82, 2.24) is 19.6 Å². The maximum Gasteiger partial charge on any atom is 0.194 e. The number of aliphatic imine (C=N–C) groups is 1. The molecule has 2 aromatic heterocycles. The van der Waals surface area contributed by atoms with E-state index in [-0.39, 0.29) is 0 Å². The van der Waals surface area contributed by atoms with Gasteiger partial charge < -0.3 is 14.6 Å². The Bertz CT molecular complexity index is 847. The lowest BCUT2D eigenvalue weighted by atomic mass is 10.0. The number of pyridine rings is 1. The van der Waals surface area contributed by atoms with Crippen LogP contribution in [0, 0.1) is 0 Å². The van der Waals surface area contributed by atoms with Crippen LogP contribution in [-0.4, -0.2) is 33.8 Å². The standard InChI is InChI=1S/C19H21N5/c1-20-19(24-11-9-15-6-2-3-7-16(15)13-24)21-12-17-14-23-10-5-4-8-18(23)22-17/h2-8,10,14H,9,11-13H2,1H3,(H,20,21). The Morgan fingerprint density at radius 1 is 1.17 bits per heavy atom. The van der Waals surface area contributed by atoms with Crippen LogP contribution in [-0.2, 0) is 19.5 Å². The molecule has 1 aliphatic rings. The lowest BCUT2D eigenvalue weighted by molar-refractivity contribution is 0.378. The lowest BCUT2D eigenvalue weighted by Gasteiger charge is -2.31. The number of nitrogens with zero attached hydrogens (tertiary/aromatic N) is 4. The van der Waals surface area contributed by atoms with Gasteiger partial charge in [0.25, 0.3) is 0 Å². The van der Waals surface area contributed by atoms with Gasteiger partial charge in [-0.05, 0) is 29.7 Å². The van der Waals surface area contributed by atoms with Crippen molar-refractivity contribution in [3.63, 3.8) is 0 Å². The minimum absolute atomic E-state index is 0.673. The summed E-state index contributed by atoms with van der Waals surface area (Å²) in [6, 6.07) is 14.7. The topological polar surface area (TPSA) is 44.9 Å². The molecule has 0 saturated carbocycles. The maximum absolute atomic E-state index is 4.63. The second kappa shape index (κ2) is 6.35. The Hall–Kier alpha value is -2.82. The first-order valence-electron chi connectivity index (χ1n) is 8.28. The summed E-state index contributed by atoms with van der Waals surface area (Å²) < 4.78 is 2.04. The molecule has 3 heterocycles. The molecule has 0 saturated heterocycles. The van der Waals surface area contributed by atoms with E-state index in [0.717, 1.165) is 36.8 Å². The van der Waals surface area contributed by atoms with E-state index in [1.54, 1.807) is 0 Å². The third-order valence-corrected chi connectivity index (χ3v) is 4.48. The first kappa shape index (κ1) is 14.8. The van der Waals surface area contributed by atoms with Crippen molar-refractivity contribution >= 4 is 11.6 Å². The van der Waals surface area contributed by atoms with Gasteiger partial charge in [0.2, 0.25) is 0 Å². The predicted molar refractivity (Wildman–Crippen MR) is 95.9 cm³/mol. The van der Waals surface area contributed by atoms with E-state index in [1.807, 2.05) is 35.8 Å². The van der Waals surface area contributed by atoms with Crippen LogP contribution in [0.4, 0.5) is 0 Å². The molecule has 0 aliphatic carbocycles. The number of guanidine groups is 1. The van der Waals surface area contributed by atoms with Gasteiger partial charge in [0.15, 0.2) is 5.96 Å². The van der Waals surface area contributed by atoms with Crippen LogP contribution in [0.5, 0.6) is 0 Å². The molecule has 5 heteroatoms. The third kappa shape index (κ3) is 2.85. The second-order valence-electron chi connectivity index (χ2n) is 6.04. The molecular formula is C19H21N5. The highest BCUT2D eigenvalue weighted by atomic mass is 15.3. The highest BCUT2D eigenvalue weighted by Crippen LogP contribution is 2.18. The fourth-order valence-corrected chi connectivity index (χ4v) is 3.25. The molecule has 24 heavy (non-hydrogen) atoms. The van der Waals surface area contributed by atoms with E-state index < -0.39 is 0 Å².